The summed E-state index contributed by atoms with van der Waals surface area (Å²) in [5, 5.41) is 16.4. The summed E-state index contributed by atoms with van der Waals surface area (Å²) in [5.41, 5.74) is 0. The topological polar surface area (TPSA) is 60.7 Å². The van der Waals surface area contributed by atoms with Crippen LogP contribution >= 0.6 is 22.9 Å². The molecule has 1 aliphatic heterocycles. The van der Waals surface area contributed by atoms with Crippen LogP contribution in [0.5, 0.6) is 0 Å². The summed E-state index contributed by atoms with van der Waals surface area (Å²) in [6.45, 7) is 3.07. The van der Waals surface area contributed by atoms with Gasteiger partial charge in [0.2, 0.25) is 0 Å². The summed E-state index contributed by atoms with van der Waals surface area (Å²) >= 11 is 7.10. The average Bonchev–Trinajstić information content (AvgIpc) is 2.69. The van der Waals surface area contributed by atoms with Crippen molar-refractivity contribution in [2.24, 2.45) is 5.92 Å². The van der Waals surface area contributed by atoms with Gasteiger partial charge in [-0.1, -0.05) is 22.9 Å². The van der Waals surface area contributed by atoms with Gasteiger partial charge in [0.15, 0.2) is 10.3 Å². The fourth-order valence-corrected chi connectivity index (χ4v) is 2.73. The predicted octanol–water partition coefficient (Wildman–Crippen LogP) is 2.08. The van der Waals surface area contributed by atoms with Crippen LogP contribution in [0.2, 0.25) is 5.15 Å². The zero-order valence-corrected chi connectivity index (χ0v) is 10.4. The minimum atomic E-state index is 0.303. The third kappa shape index (κ3) is 2.85. The van der Waals surface area contributed by atoms with E-state index in [1.807, 2.05) is 6.07 Å². The second-order valence-corrected chi connectivity index (χ2v) is 5.20. The van der Waals surface area contributed by atoms with Crippen molar-refractivity contribution in [3.05, 3.63) is 10.0 Å². The Balaban J connectivity index is 1.86. The summed E-state index contributed by atoms with van der Waals surface area (Å²) in [4.78, 5) is 4.57. The summed E-state index contributed by atoms with van der Waals surface area (Å²) in [5.74, 6) is 0.641. The monoisotopic (exact) mass is 256 g/mol. The molecule has 0 spiro atoms. The van der Waals surface area contributed by atoms with E-state index in [-0.39, 0.29) is 0 Å². The van der Waals surface area contributed by atoms with E-state index in [9.17, 15) is 0 Å². The second kappa shape index (κ2) is 5.48. The Bertz CT molecular complexity index is 392. The van der Waals surface area contributed by atoms with Crippen molar-refractivity contribution in [1.82, 2.24) is 10.3 Å². The van der Waals surface area contributed by atoms with Gasteiger partial charge >= 0.3 is 0 Å². The van der Waals surface area contributed by atoms with Gasteiger partial charge in [-0.15, -0.1) is 0 Å². The molecule has 0 bridgehead atoms. The Morgan fingerprint density at radius 1 is 1.69 bits per heavy atom. The Hall–Kier alpha value is -0.830. The molecule has 2 N–H and O–H groups in total. The molecule has 1 fully saturated rings. The second-order valence-electron chi connectivity index (χ2n) is 3.84. The zero-order valence-electron chi connectivity index (χ0n) is 8.79. The number of rotatable bonds is 3. The van der Waals surface area contributed by atoms with Gasteiger partial charge in [0.05, 0.1) is 0 Å². The van der Waals surface area contributed by atoms with Gasteiger partial charge in [-0.25, -0.2) is 4.98 Å². The number of anilines is 1. The largest absolute Gasteiger partial charge is 0.361 e. The highest BCUT2D eigenvalue weighted by atomic mass is 35.5. The number of nitrogens with zero attached hydrogens (tertiary/aromatic N) is 2. The molecule has 1 aromatic rings. The van der Waals surface area contributed by atoms with Crippen molar-refractivity contribution >= 4 is 28.1 Å². The first kappa shape index (κ1) is 11.6. The maximum absolute atomic E-state index is 8.75. The summed E-state index contributed by atoms with van der Waals surface area (Å²) in [7, 11) is 0. The van der Waals surface area contributed by atoms with Crippen LogP contribution in [-0.2, 0) is 0 Å². The molecule has 0 aromatic carbocycles. The van der Waals surface area contributed by atoms with E-state index in [1.54, 1.807) is 0 Å². The predicted molar refractivity (Wildman–Crippen MR) is 65.9 cm³/mol. The van der Waals surface area contributed by atoms with Crippen molar-refractivity contribution in [3.63, 3.8) is 0 Å². The fourth-order valence-electron chi connectivity index (χ4n) is 1.78. The van der Waals surface area contributed by atoms with Crippen LogP contribution in [0, 0.1) is 17.2 Å². The Morgan fingerprint density at radius 2 is 2.56 bits per heavy atom. The number of hydrogen-bond donors (Lipinski definition) is 2. The first-order valence-electron chi connectivity index (χ1n) is 5.30. The average molecular weight is 257 g/mol. The van der Waals surface area contributed by atoms with Crippen LogP contribution in [0.3, 0.4) is 0 Å². The van der Waals surface area contributed by atoms with Crippen LogP contribution in [0.4, 0.5) is 5.13 Å². The molecule has 86 valence electrons. The number of aromatic nitrogens is 1. The summed E-state index contributed by atoms with van der Waals surface area (Å²) in [6, 6.07) is 2.03. The first-order chi connectivity index (χ1) is 7.79. The van der Waals surface area contributed by atoms with Gasteiger partial charge in [-0.05, 0) is 31.8 Å². The smallest absolute Gasteiger partial charge is 0.185 e. The number of piperidine rings is 1. The zero-order chi connectivity index (χ0) is 11.4. The molecule has 2 rings (SSSR count). The van der Waals surface area contributed by atoms with Gasteiger partial charge in [0.25, 0.3) is 0 Å². The lowest BCUT2D eigenvalue weighted by Crippen LogP contribution is -2.33. The molecule has 1 aromatic heterocycles. The van der Waals surface area contributed by atoms with Gasteiger partial charge in [0, 0.05) is 6.54 Å². The minimum absolute atomic E-state index is 0.303. The van der Waals surface area contributed by atoms with E-state index in [0.717, 1.165) is 24.8 Å². The molecule has 4 nitrogen and oxygen atoms in total. The third-order valence-corrected chi connectivity index (χ3v) is 3.93. The number of hydrogen-bond acceptors (Lipinski definition) is 5. The number of halogens is 1. The molecular weight excluding hydrogens is 244 g/mol. The SMILES string of the molecule is N#Cc1sc(NCC2CCCNC2)nc1Cl. The van der Waals surface area contributed by atoms with Crippen LogP contribution in [0.1, 0.15) is 17.7 Å². The maximum Gasteiger partial charge on any atom is 0.185 e. The molecule has 6 heteroatoms. The lowest BCUT2D eigenvalue weighted by molar-refractivity contribution is 0.393. The molecule has 1 saturated heterocycles. The van der Waals surface area contributed by atoms with Crippen LogP contribution in [-0.4, -0.2) is 24.6 Å². The molecular formula is C10H13ClN4S. The molecule has 0 amide bonds. The van der Waals surface area contributed by atoms with Gasteiger partial charge in [-0.3, -0.25) is 0 Å². The van der Waals surface area contributed by atoms with Crippen molar-refractivity contribution in [3.8, 4) is 6.07 Å². The molecule has 0 saturated carbocycles. The van der Waals surface area contributed by atoms with Crippen LogP contribution < -0.4 is 10.6 Å². The van der Waals surface area contributed by atoms with E-state index in [2.05, 4.69) is 15.6 Å². The Kier molecular flexibility index (Phi) is 3.99. The standard InChI is InChI=1S/C10H13ClN4S/c11-9-8(4-12)16-10(15-9)14-6-7-2-1-3-13-5-7/h7,13H,1-3,5-6H2,(H,14,15). The molecule has 1 aliphatic rings. The Labute approximate surface area is 104 Å². The van der Waals surface area contributed by atoms with E-state index < -0.39 is 0 Å². The van der Waals surface area contributed by atoms with Crippen molar-refractivity contribution in [2.45, 2.75) is 12.8 Å². The quantitative estimate of drug-likeness (QED) is 0.869. The first-order valence-corrected chi connectivity index (χ1v) is 6.50. The summed E-state index contributed by atoms with van der Waals surface area (Å²) < 4.78 is 0. The van der Waals surface area contributed by atoms with Gasteiger partial charge < -0.3 is 10.6 Å². The minimum Gasteiger partial charge on any atom is -0.361 e. The number of thiazole rings is 1. The van der Waals surface area contributed by atoms with E-state index in [4.69, 9.17) is 16.9 Å². The molecule has 0 radical (unpaired) electrons. The van der Waals surface area contributed by atoms with Gasteiger partial charge in [-0.2, -0.15) is 5.26 Å². The van der Waals surface area contributed by atoms with E-state index in [1.165, 1.54) is 24.2 Å². The van der Waals surface area contributed by atoms with Crippen LogP contribution in [0.15, 0.2) is 0 Å². The number of nitrogens with one attached hydrogen (secondary N) is 2. The number of nitriles is 1. The van der Waals surface area contributed by atoms with Crippen molar-refractivity contribution in [2.75, 3.05) is 25.0 Å². The lowest BCUT2D eigenvalue weighted by atomic mass is 10.00. The normalized spacial score (nSPS) is 20.4. The fraction of sp³-hybridized carbons (Fsp3) is 0.600. The van der Waals surface area contributed by atoms with Crippen LogP contribution in [0.25, 0.3) is 0 Å². The highest BCUT2D eigenvalue weighted by molar-refractivity contribution is 7.16. The Morgan fingerprint density at radius 3 is 3.19 bits per heavy atom. The summed E-state index contributed by atoms with van der Waals surface area (Å²) in [6.07, 6.45) is 2.47. The molecule has 1 unspecified atom stereocenters. The highest BCUT2D eigenvalue weighted by Crippen LogP contribution is 2.26. The highest BCUT2D eigenvalue weighted by Gasteiger charge is 2.14. The third-order valence-electron chi connectivity index (χ3n) is 2.63. The lowest BCUT2D eigenvalue weighted by Gasteiger charge is -2.22. The van der Waals surface area contributed by atoms with Crippen molar-refractivity contribution in [1.29, 1.82) is 5.26 Å². The molecule has 1 atom stereocenters. The van der Waals surface area contributed by atoms with Gasteiger partial charge in [0.1, 0.15) is 10.9 Å². The maximum atomic E-state index is 8.75. The van der Waals surface area contributed by atoms with E-state index in [0.29, 0.717) is 15.9 Å². The molecule has 0 aliphatic carbocycles. The van der Waals surface area contributed by atoms with E-state index >= 15 is 0 Å². The molecule has 16 heavy (non-hydrogen) atoms. The molecule has 2 heterocycles. The van der Waals surface area contributed by atoms with Crippen molar-refractivity contribution < 1.29 is 0 Å².